The summed E-state index contributed by atoms with van der Waals surface area (Å²) in [7, 11) is 0. The van der Waals surface area contributed by atoms with E-state index in [1.807, 2.05) is 4.68 Å². The van der Waals surface area contributed by atoms with Crippen LogP contribution >= 0.6 is 0 Å². The van der Waals surface area contributed by atoms with Crippen molar-refractivity contribution in [3.63, 3.8) is 0 Å². The monoisotopic (exact) mass is 460 g/mol. The van der Waals surface area contributed by atoms with Crippen LogP contribution in [-0.4, -0.2) is 20.5 Å². The molecule has 0 radical (unpaired) electrons. The van der Waals surface area contributed by atoms with E-state index >= 15 is 4.39 Å². The van der Waals surface area contributed by atoms with Crippen LogP contribution in [0.2, 0.25) is 0 Å². The second-order valence-corrected chi connectivity index (χ2v) is 11.6. The van der Waals surface area contributed by atoms with E-state index in [1.165, 1.54) is 5.57 Å². The van der Waals surface area contributed by atoms with Crippen molar-refractivity contribution in [1.29, 1.82) is 0 Å². The van der Waals surface area contributed by atoms with Gasteiger partial charge in [0.05, 0.1) is 11.7 Å². The number of nitrogens with zero attached hydrogens (tertiary/aromatic N) is 3. The summed E-state index contributed by atoms with van der Waals surface area (Å²) in [5.41, 5.74) is 1.01. The smallest absolute Gasteiger partial charge is 0.195 e. The first-order chi connectivity index (χ1) is 15.3. The van der Waals surface area contributed by atoms with E-state index in [-0.39, 0.29) is 17.0 Å². The third kappa shape index (κ3) is 6.08. The molecule has 5 heteroatoms. The minimum atomic E-state index is -1.71. The normalized spacial score (nSPS) is 23.6. The Morgan fingerprint density at radius 1 is 1.15 bits per heavy atom. The zero-order valence-corrected chi connectivity index (χ0v) is 22.7. The van der Waals surface area contributed by atoms with Crippen molar-refractivity contribution in [2.75, 3.05) is 0 Å². The molecular formula is C28H49FN4. The van der Waals surface area contributed by atoms with E-state index in [2.05, 4.69) is 84.2 Å². The first-order valence-electron chi connectivity index (χ1n) is 13.1. The predicted molar refractivity (Wildman–Crippen MR) is 138 cm³/mol. The molecule has 4 atom stereocenters. The lowest BCUT2D eigenvalue weighted by Gasteiger charge is -2.43. The third-order valence-corrected chi connectivity index (χ3v) is 8.13. The molecule has 0 saturated carbocycles. The van der Waals surface area contributed by atoms with Crippen LogP contribution in [0.5, 0.6) is 0 Å². The quantitative estimate of drug-likeness (QED) is 0.342. The molecule has 0 fully saturated rings. The van der Waals surface area contributed by atoms with E-state index in [0.29, 0.717) is 23.7 Å². The number of halogens is 1. The first-order valence-corrected chi connectivity index (χ1v) is 13.1. The van der Waals surface area contributed by atoms with Crippen LogP contribution < -0.4 is 5.32 Å². The van der Waals surface area contributed by atoms with E-state index in [1.54, 1.807) is 0 Å². The molecule has 1 aromatic rings. The highest BCUT2D eigenvalue weighted by Crippen LogP contribution is 2.44. The summed E-state index contributed by atoms with van der Waals surface area (Å²) in [6.07, 6.45) is 7.84. The van der Waals surface area contributed by atoms with E-state index in [9.17, 15) is 0 Å². The van der Waals surface area contributed by atoms with Crippen molar-refractivity contribution in [3.05, 3.63) is 35.8 Å². The molecule has 1 aliphatic rings. The number of allylic oxidation sites excluding steroid dienone is 2. The Hall–Kier alpha value is -1.65. The Morgan fingerprint density at radius 3 is 2.36 bits per heavy atom. The predicted octanol–water partition coefficient (Wildman–Crippen LogP) is 7.82. The summed E-state index contributed by atoms with van der Waals surface area (Å²) in [4.78, 5) is 0. The van der Waals surface area contributed by atoms with Gasteiger partial charge in [-0.25, -0.2) is 9.07 Å². The van der Waals surface area contributed by atoms with Crippen LogP contribution in [-0.2, 0) is 12.1 Å². The summed E-state index contributed by atoms with van der Waals surface area (Å²) < 4.78 is 19.0. The lowest BCUT2D eigenvalue weighted by Crippen LogP contribution is -2.49. The van der Waals surface area contributed by atoms with Crippen molar-refractivity contribution >= 4 is 0 Å². The maximum Gasteiger partial charge on any atom is 0.195 e. The molecule has 1 heterocycles. The summed E-state index contributed by atoms with van der Waals surface area (Å²) in [6.45, 7) is 26.0. The molecule has 0 spiro atoms. The molecular weight excluding hydrogens is 411 g/mol. The van der Waals surface area contributed by atoms with Crippen LogP contribution in [0.25, 0.3) is 0 Å². The summed E-state index contributed by atoms with van der Waals surface area (Å²) in [6, 6.07) is 0.202. The molecule has 188 valence electrons. The number of hydrogen-bond acceptors (Lipinski definition) is 3. The Morgan fingerprint density at radius 2 is 1.82 bits per heavy atom. The zero-order chi connectivity index (χ0) is 25.0. The van der Waals surface area contributed by atoms with Gasteiger partial charge in [-0.2, -0.15) is 0 Å². The number of aromatic nitrogens is 3. The molecule has 4 nitrogen and oxygen atoms in total. The molecule has 0 aromatic carbocycles. The van der Waals surface area contributed by atoms with Gasteiger partial charge in [-0.15, -0.1) is 5.10 Å². The highest BCUT2D eigenvalue weighted by atomic mass is 19.1. The van der Waals surface area contributed by atoms with Crippen LogP contribution in [0.1, 0.15) is 124 Å². The topological polar surface area (TPSA) is 42.7 Å². The van der Waals surface area contributed by atoms with Gasteiger partial charge < -0.3 is 5.32 Å². The Labute approximate surface area is 202 Å². The average molecular weight is 461 g/mol. The second-order valence-electron chi connectivity index (χ2n) is 11.6. The van der Waals surface area contributed by atoms with Gasteiger partial charge in [-0.05, 0) is 83.5 Å². The van der Waals surface area contributed by atoms with Gasteiger partial charge in [0.25, 0.3) is 0 Å². The lowest BCUT2D eigenvalue weighted by atomic mass is 9.70. The van der Waals surface area contributed by atoms with Gasteiger partial charge in [0.1, 0.15) is 5.69 Å². The molecule has 0 aliphatic heterocycles. The molecule has 0 amide bonds. The van der Waals surface area contributed by atoms with Crippen molar-refractivity contribution in [2.24, 2.45) is 11.3 Å². The highest BCUT2D eigenvalue weighted by Gasteiger charge is 2.44. The minimum absolute atomic E-state index is 0.0109. The van der Waals surface area contributed by atoms with Crippen LogP contribution in [0.3, 0.4) is 0 Å². The van der Waals surface area contributed by atoms with Gasteiger partial charge in [0.2, 0.25) is 0 Å². The third-order valence-electron chi connectivity index (χ3n) is 8.13. The second kappa shape index (κ2) is 10.7. The lowest BCUT2D eigenvalue weighted by molar-refractivity contribution is 0.145. The maximum absolute atomic E-state index is 17.0. The highest BCUT2D eigenvalue weighted by molar-refractivity contribution is 5.31. The average Bonchev–Trinajstić information content (AvgIpc) is 3.15. The molecule has 1 aliphatic carbocycles. The first kappa shape index (κ1) is 27.6. The fourth-order valence-electron chi connectivity index (χ4n) is 5.40. The number of fused-ring (bicyclic) bond motifs is 1. The van der Waals surface area contributed by atoms with Crippen molar-refractivity contribution in [3.8, 4) is 0 Å². The van der Waals surface area contributed by atoms with Crippen LogP contribution in [0.15, 0.2) is 24.4 Å². The van der Waals surface area contributed by atoms with Gasteiger partial charge in [-0.3, -0.25) is 0 Å². The standard InChI is InChI=1S/C28H49FN4/c1-11-26(9,21(5)6)19-27(10,12-2)30-23(8)28(29)17-15-13-14-16-24-25(28)31-32-33(24)22(7)18-20(3)4/h20,22,30H,5,8,11-19H2,1-4,6-7,9-10H3. The fraction of sp³-hybridized carbons (Fsp3) is 0.786. The van der Waals surface area contributed by atoms with Crippen molar-refractivity contribution in [1.82, 2.24) is 20.3 Å². The molecule has 0 saturated heterocycles. The number of nitrogens with one attached hydrogen (secondary N) is 1. The van der Waals surface area contributed by atoms with E-state index in [4.69, 9.17) is 0 Å². The number of hydrogen-bond donors (Lipinski definition) is 1. The maximum atomic E-state index is 17.0. The Kier molecular flexibility index (Phi) is 8.98. The molecule has 0 bridgehead atoms. The van der Waals surface area contributed by atoms with Gasteiger partial charge in [0, 0.05) is 11.2 Å². The van der Waals surface area contributed by atoms with Crippen molar-refractivity contribution in [2.45, 2.75) is 130 Å². The van der Waals surface area contributed by atoms with Crippen LogP contribution in [0.4, 0.5) is 4.39 Å². The molecule has 2 rings (SSSR count). The largest absolute Gasteiger partial charge is 0.381 e. The molecule has 1 N–H and O–H groups in total. The number of rotatable bonds is 11. The summed E-state index contributed by atoms with van der Waals surface area (Å²) in [5.74, 6) is 0.548. The van der Waals surface area contributed by atoms with Gasteiger partial charge >= 0.3 is 0 Å². The van der Waals surface area contributed by atoms with E-state index in [0.717, 1.165) is 57.1 Å². The van der Waals surface area contributed by atoms with E-state index < -0.39 is 5.67 Å². The molecule has 4 unspecified atom stereocenters. The molecule has 1 aromatic heterocycles. The molecule has 33 heavy (non-hydrogen) atoms. The van der Waals surface area contributed by atoms with Crippen molar-refractivity contribution < 1.29 is 4.39 Å². The summed E-state index contributed by atoms with van der Waals surface area (Å²) >= 11 is 0. The van der Waals surface area contributed by atoms with Gasteiger partial charge in [0.15, 0.2) is 5.67 Å². The minimum Gasteiger partial charge on any atom is -0.381 e. The Balaban J connectivity index is 2.41. The summed E-state index contributed by atoms with van der Waals surface area (Å²) in [5, 5.41) is 12.5. The fourth-order valence-corrected chi connectivity index (χ4v) is 5.40. The Bertz CT molecular complexity index is 828. The van der Waals surface area contributed by atoms with Gasteiger partial charge in [-0.1, -0.05) is 65.0 Å². The number of alkyl halides is 1. The SMILES string of the molecule is C=C(C)C(C)(CC)CC(C)(CC)NC(=C)C1(F)CCCCCc2c1nnn2C(C)CC(C)C. The van der Waals surface area contributed by atoms with Crippen LogP contribution in [0, 0.1) is 11.3 Å². The zero-order valence-electron chi connectivity index (χ0n) is 22.7.